The number of carbonyl (C=O) groups excluding carboxylic acids is 1. The Bertz CT molecular complexity index is 671. The second-order valence-corrected chi connectivity index (χ2v) is 6.35. The molecule has 124 valence electrons. The van der Waals surface area contributed by atoms with Gasteiger partial charge < -0.3 is 15.2 Å². The highest BCUT2D eigenvalue weighted by atomic mass is 16.1. The second-order valence-electron chi connectivity index (χ2n) is 6.35. The van der Waals surface area contributed by atoms with Crippen LogP contribution >= 0.6 is 0 Å². The average Bonchev–Trinajstić information content (AvgIpc) is 2.99. The van der Waals surface area contributed by atoms with Gasteiger partial charge in [-0.2, -0.15) is 0 Å². The van der Waals surface area contributed by atoms with E-state index in [1.165, 1.54) is 31.4 Å². The number of nitrogens with one attached hydrogen (secondary N) is 2. The summed E-state index contributed by atoms with van der Waals surface area (Å²) in [6.45, 7) is 7.61. The number of carbonyl (C=O) groups is 1. The van der Waals surface area contributed by atoms with Gasteiger partial charge in [-0.25, -0.2) is 4.98 Å². The number of amides is 1. The summed E-state index contributed by atoms with van der Waals surface area (Å²) in [6.07, 6.45) is 6.15. The van der Waals surface area contributed by atoms with Gasteiger partial charge in [0.25, 0.3) is 0 Å². The van der Waals surface area contributed by atoms with Crippen molar-refractivity contribution in [1.29, 1.82) is 0 Å². The molecule has 0 spiro atoms. The number of hydrogen-bond donors (Lipinski definition) is 2. The molecular formula is C18H26N4O. The highest BCUT2D eigenvalue weighted by molar-refractivity contribution is 5.91. The SMILES string of the molecule is CCCN1CCC(c2c[nH]c3ccc(NC(=O)CC)nc23)CC1. The molecule has 2 aromatic heterocycles. The molecule has 1 amide bonds. The van der Waals surface area contributed by atoms with E-state index in [1.54, 1.807) is 0 Å². The molecule has 1 saturated heterocycles. The zero-order valence-electron chi connectivity index (χ0n) is 14.1. The minimum atomic E-state index is 0.00168. The summed E-state index contributed by atoms with van der Waals surface area (Å²) < 4.78 is 0. The fourth-order valence-corrected chi connectivity index (χ4v) is 3.42. The van der Waals surface area contributed by atoms with Gasteiger partial charge in [0.05, 0.1) is 11.0 Å². The molecule has 5 heteroatoms. The smallest absolute Gasteiger partial charge is 0.225 e. The fourth-order valence-electron chi connectivity index (χ4n) is 3.42. The molecule has 2 aromatic rings. The molecule has 0 bridgehead atoms. The highest BCUT2D eigenvalue weighted by Gasteiger charge is 2.23. The van der Waals surface area contributed by atoms with E-state index < -0.39 is 0 Å². The van der Waals surface area contributed by atoms with Gasteiger partial charge in [0.2, 0.25) is 5.91 Å². The minimum Gasteiger partial charge on any atom is -0.360 e. The van der Waals surface area contributed by atoms with Crippen LogP contribution in [0.5, 0.6) is 0 Å². The zero-order valence-corrected chi connectivity index (χ0v) is 14.1. The summed E-state index contributed by atoms with van der Waals surface area (Å²) in [5.74, 6) is 1.21. The minimum absolute atomic E-state index is 0.00168. The summed E-state index contributed by atoms with van der Waals surface area (Å²) in [4.78, 5) is 22.1. The van der Waals surface area contributed by atoms with Gasteiger partial charge in [-0.1, -0.05) is 13.8 Å². The predicted molar refractivity (Wildman–Crippen MR) is 93.7 cm³/mol. The average molecular weight is 314 g/mol. The van der Waals surface area contributed by atoms with Crippen molar-refractivity contribution < 1.29 is 4.79 Å². The van der Waals surface area contributed by atoms with E-state index in [0.29, 0.717) is 18.2 Å². The van der Waals surface area contributed by atoms with Crippen molar-refractivity contribution in [3.63, 3.8) is 0 Å². The normalized spacial score (nSPS) is 16.8. The Hall–Kier alpha value is -1.88. The number of H-pyrrole nitrogens is 1. The molecule has 1 fully saturated rings. The zero-order chi connectivity index (χ0) is 16.2. The van der Waals surface area contributed by atoms with Crippen LogP contribution in [0.3, 0.4) is 0 Å². The van der Waals surface area contributed by atoms with Crippen LogP contribution < -0.4 is 5.32 Å². The van der Waals surface area contributed by atoms with Crippen LogP contribution in [0.2, 0.25) is 0 Å². The largest absolute Gasteiger partial charge is 0.360 e. The predicted octanol–water partition coefficient (Wildman–Crippen LogP) is 3.50. The van der Waals surface area contributed by atoms with E-state index in [1.807, 2.05) is 19.1 Å². The Balaban J connectivity index is 1.78. The first-order valence-corrected chi connectivity index (χ1v) is 8.71. The molecule has 0 aliphatic carbocycles. The molecule has 0 atom stereocenters. The van der Waals surface area contributed by atoms with Gasteiger partial charge in [0.15, 0.2) is 0 Å². The van der Waals surface area contributed by atoms with E-state index in [9.17, 15) is 4.79 Å². The van der Waals surface area contributed by atoms with Crippen LogP contribution in [0, 0.1) is 0 Å². The maximum atomic E-state index is 11.6. The maximum absolute atomic E-state index is 11.6. The molecule has 0 unspecified atom stereocenters. The lowest BCUT2D eigenvalue weighted by Gasteiger charge is -2.31. The number of hydrogen-bond acceptors (Lipinski definition) is 3. The maximum Gasteiger partial charge on any atom is 0.225 e. The van der Waals surface area contributed by atoms with Crippen molar-refractivity contribution >= 4 is 22.8 Å². The van der Waals surface area contributed by atoms with Crippen LogP contribution in [0.1, 0.15) is 51.0 Å². The number of anilines is 1. The Labute approximate surface area is 137 Å². The topological polar surface area (TPSA) is 61.0 Å². The Morgan fingerprint density at radius 3 is 2.83 bits per heavy atom. The summed E-state index contributed by atoms with van der Waals surface area (Å²) in [5.41, 5.74) is 3.35. The summed E-state index contributed by atoms with van der Waals surface area (Å²) in [6, 6.07) is 3.86. The monoisotopic (exact) mass is 314 g/mol. The Morgan fingerprint density at radius 2 is 2.13 bits per heavy atom. The van der Waals surface area contributed by atoms with Gasteiger partial charge in [-0.15, -0.1) is 0 Å². The molecule has 2 N–H and O–H groups in total. The van der Waals surface area contributed by atoms with Crippen LogP contribution in [-0.2, 0) is 4.79 Å². The third-order valence-corrected chi connectivity index (χ3v) is 4.71. The van der Waals surface area contributed by atoms with E-state index in [0.717, 1.165) is 24.1 Å². The van der Waals surface area contributed by atoms with Gasteiger partial charge >= 0.3 is 0 Å². The van der Waals surface area contributed by atoms with Gasteiger partial charge in [-0.3, -0.25) is 4.79 Å². The first-order valence-electron chi connectivity index (χ1n) is 8.71. The summed E-state index contributed by atoms with van der Waals surface area (Å²) in [7, 11) is 0. The molecule has 23 heavy (non-hydrogen) atoms. The molecule has 1 aliphatic heterocycles. The highest BCUT2D eigenvalue weighted by Crippen LogP contribution is 2.32. The van der Waals surface area contributed by atoms with Crippen LogP contribution in [-0.4, -0.2) is 40.4 Å². The number of aromatic nitrogens is 2. The van der Waals surface area contributed by atoms with E-state index in [-0.39, 0.29) is 5.91 Å². The molecular weight excluding hydrogens is 288 g/mol. The van der Waals surface area contributed by atoms with Gasteiger partial charge in [0, 0.05) is 12.6 Å². The fraction of sp³-hybridized carbons (Fsp3) is 0.556. The van der Waals surface area contributed by atoms with Gasteiger partial charge in [0.1, 0.15) is 5.82 Å². The summed E-state index contributed by atoms with van der Waals surface area (Å²) in [5, 5.41) is 2.86. The quantitative estimate of drug-likeness (QED) is 0.888. The molecule has 3 rings (SSSR count). The van der Waals surface area contributed by atoms with E-state index in [2.05, 4.69) is 33.3 Å². The Kier molecular flexibility index (Phi) is 4.96. The number of piperidine rings is 1. The van der Waals surface area contributed by atoms with Crippen molar-refractivity contribution in [3.05, 3.63) is 23.9 Å². The second kappa shape index (κ2) is 7.13. The van der Waals surface area contributed by atoms with Crippen molar-refractivity contribution in [2.45, 2.75) is 45.4 Å². The first-order chi connectivity index (χ1) is 11.2. The third-order valence-electron chi connectivity index (χ3n) is 4.71. The number of aromatic amines is 1. The van der Waals surface area contributed by atoms with E-state index >= 15 is 0 Å². The Morgan fingerprint density at radius 1 is 1.35 bits per heavy atom. The van der Waals surface area contributed by atoms with Crippen molar-refractivity contribution in [2.75, 3.05) is 25.0 Å². The first kappa shape index (κ1) is 16.0. The van der Waals surface area contributed by atoms with Crippen LogP contribution in [0.4, 0.5) is 5.82 Å². The number of pyridine rings is 1. The van der Waals surface area contributed by atoms with Crippen LogP contribution in [0.15, 0.2) is 18.3 Å². The summed E-state index contributed by atoms with van der Waals surface area (Å²) >= 11 is 0. The van der Waals surface area contributed by atoms with Gasteiger partial charge in [-0.05, 0) is 62.5 Å². The molecule has 0 aromatic carbocycles. The molecule has 0 radical (unpaired) electrons. The standard InChI is InChI=1S/C18H26N4O/c1-3-9-22-10-7-13(8-11-22)14-12-19-15-5-6-16(21-18(14)15)20-17(23)4-2/h5-6,12-13,19H,3-4,7-11H2,1-2H3,(H,20,21,23). The number of nitrogens with zero attached hydrogens (tertiary/aromatic N) is 2. The number of rotatable bonds is 5. The lowest BCUT2D eigenvalue weighted by atomic mass is 9.90. The number of fused-ring (bicyclic) bond motifs is 1. The molecule has 0 saturated carbocycles. The lowest BCUT2D eigenvalue weighted by molar-refractivity contribution is -0.115. The van der Waals surface area contributed by atoms with Crippen LogP contribution in [0.25, 0.3) is 11.0 Å². The van der Waals surface area contributed by atoms with Crippen molar-refractivity contribution in [1.82, 2.24) is 14.9 Å². The third kappa shape index (κ3) is 3.55. The lowest BCUT2D eigenvalue weighted by Crippen LogP contribution is -2.33. The number of likely N-dealkylation sites (tertiary alicyclic amines) is 1. The van der Waals surface area contributed by atoms with Crippen molar-refractivity contribution in [2.24, 2.45) is 0 Å². The van der Waals surface area contributed by atoms with E-state index in [4.69, 9.17) is 0 Å². The molecule has 3 heterocycles. The van der Waals surface area contributed by atoms with Crippen molar-refractivity contribution in [3.8, 4) is 0 Å². The molecule has 5 nitrogen and oxygen atoms in total. The molecule has 1 aliphatic rings.